The molecule has 1 aromatic carbocycles. The predicted molar refractivity (Wildman–Crippen MR) is 160 cm³/mol. The third kappa shape index (κ3) is 8.79. The van der Waals surface area contributed by atoms with Crippen LogP contribution in [-0.2, 0) is 17.5 Å². The van der Waals surface area contributed by atoms with Crippen molar-refractivity contribution in [2.45, 2.75) is 38.8 Å². The minimum absolute atomic E-state index is 0.0207. The molecular weight excluding hydrogens is 559 g/mol. The van der Waals surface area contributed by atoms with Gasteiger partial charge in [-0.2, -0.15) is 13.2 Å². The van der Waals surface area contributed by atoms with Gasteiger partial charge in [0.15, 0.2) is 0 Å². The molecule has 2 aliphatic heterocycles. The number of amidine groups is 1. The minimum Gasteiger partial charge on any atom is -0.393 e. The van der Waals surface area contributed by atoms with E-state index in [1.54, 1.807) is 13.2 Å². The van der Waals surface area contributed by atoms with Gasteiger partial charge in [0.25, 0.3) is 5.91 Å². The Balaban J connectivity index is 1.48. The summed E-state index contributed by atoms with van der Waals surface area (Å²) in [6.45, 7) is 8.22. The molecule has 2 saturated heterocycles. The van der Waals surface area contributed by atoms with Crippen molar-refractivity contribution >= 4 is 17.4 Å². The second kappa shape index (κ2) is 14.0. The molecule has 2 aliphatic rings. The number of ether oxygens (including phenoxy) is 1. The zero-order valence-corrected chi connectivity index (χ0v) is 24.9. The zero-order valence-electron chi connectivity index (χ0n) is 24.9. The molecule has 230 valence electrons. The van der Waals surface area contributed by atoms with Gasteiger partial charge in [0.1, 0.15) is 5.84 Å². The molecule has 3 N–H and O–H groups in total. The number of pyridine rings is 1. The molecule has 4 rings (SSSR count). The molecule has 2 unspecified atom stereocenters. The van der Waals surface area contributed by atoms with Crippen molar-refractivity contribution < 1.29 is 22.7 Å². The van der Waals surface area contributed by atoms with Crippen LogP contribution in [0.2, 0.25) is 0 Å². The molecule has 2 aromatic rings. The molecule has 0 aliphatic carbocycles. The molecule has 1 amide bonds. The Morgan fingerprint density at radius 1 is 1.14 bits per heavy atom. The van der Waals surface area contributed by atoms with Crippen molar-refractivity contribution in [1.29, 1.82) is 5.41 Å². The smallest absolute Gasteiger partial charge is 0.393 e. The number of amides is 1. The van der Waals surface area contributed by atoms with E-state index in [1.807, 2.05) is 30.7 Å². The average Bonchev–Trinajstić information content (AvgIpc) is 2.96. The van der Waals surface area contributed by atoms with Crippen LogP contribution in [0.15, 0.2) is 48.4 Å². The SMILES string of the molecule is CN/C=C(/C#Cc1cncc(C(=O)Nc2ccc(CN3CCN(C)CC3)c(C(F)(F)F)c2)c1)C(=N)N1CC(C)OC(C)C1. The molecule has 9 nitrogen and oxygen atoms in total. The largest absolute Gasteiger partial charge is 0.416 e. The number of morpholine rings is 1. The van der Waals surface area contributed by atoms with Gasteiger partial charge in [0.05, 0.1) is 28.9 Å². The number of nitrogens with zero attached hydrogens (tertiary/aromatic N) is 4. The fourth-order valence-electron chi connectivity index (χ4n) is 5.12. The molecule has 3 heterocycles. The van der Waals surface area contributed by atoms with Crippen LogP contribution in [0.4, 0.5) is 18.9 Å². The number of likely N-dealkylation sites (N-methyl/N-ethyl adjacent to an activating group) is 1. The van der Waals surface area contributed by atoms with Gasteiger partial charge in [-0.25, -0.2) is 0 Å². The van der Waals surface area contributed by atoms with E-state index in [4.69, 9.17) is 10.1 Å². The number of benzene rings is 1. The first-order valence-corrected chi connectivity index (χ1v) is 14.2. The van der Waals surface area contributed by atoms with E-state index in [9.17, 15) is 18.0 Å². The lowest BCUT2D eigenvalue weighted by Crippen LogP contribution is -2.48. The van der Waals surface area contributed by atoms with Crippen LogP contribution in [0.3, 0.4) is 0 Å². The first kappa shape index (κ1) is 32.0. The summed E-state index contributed by atoms with van der Waals surface area (Å²) >= 11 is 0. The third-order valence-electron chi connectivity index (χ3n) is 7.28. The van der Waals surface area contributed by atoms with E-state index in [1.165, 1.54) is 30.6 Å². The van der Waals surface area contributed by atoms with Gasteiger partial charge in [0.2, 0.25) is 0 Å². The minimum atomic E-state index is -4.57. The Kier molecular flexibility index (Phi) is 10.4. The Hall–Kier alpha value is -3.92. The highest BCUT2D eigenvalue weighted by Gasteiger charge is 2.34. The monoisotopic (exact) mass is 597 g/mol. The molecule has 0 bridgehead atoms. The van der Waals surface area contributed by atoms with Gasteiger partial charge >= 0.3 is 6.18 Å². The summed E-state index contributed by atoms with van der Waals surface area (Å²) in [5, 5.41) is 14.2. The molecule has 12 heteroatoms. The van der Waals surface area contributed by atoms with Crippen LogP contribution in [0.1, 0.15) is 40.9 Å². The van der Waals surface area contributed by atoms with E-state index < -0.39 is 17.6 Å². The third-order valence-corrected chi connectivity index (χ3v) is 7.28. The summed E-state index contributed by atoms with van der Waals surface area (Å²) in [5.74, 6) is 5.58. The number of alkyl halides is 3. The van der Waals surface area contributed by atoms with E-state index in [2.05, 4.69) is 32.4 Å². The molecule has 43 heavy (non-hydrogen) atoms. The standard InChI is InChI=1S/C31H38F3N7O2/c1-21-18-41(19-22(2)43-21)29(35)24(16-36-3)6-5-23-13-26(17-37-15-23)30(42)38-27-8-7-25(28(14-27)31(32,33)34)20-40-11-9-39(4)10-12-40/h7-8,13-17,21-22,35-36H,9-12,18-20H2,1-4H3,(H,38,42)/b24-16-,35-29?. The van der Waals surface area contributed by atoms with Crippen LogP contribution in [-0.4, -0.2) is 97.0 Å². The number of anilines is 1. The normalized spacial score (nSPS) is 20.3. The number of halogens is 3. The van der Waals surface area contributed by atoms with Gasteiger partial charge in [-0.3, -0.25) is 20.1 Å². The highest BCUT2D eigenvalue weighted by molar-refractivity contribution is 6.04. The Labute approximate surface area is 250 Å². The summed E-state index contributed by atoms with van der Waals surface area (Å²) in [6, 6.07) is 5.41. The first-order chi connectivity index (χ1) is 20.4. The number of hydrogen-bond acceptors (Lipinski definition) is 7. The summed E-state index contributed by atoms with van der Waals surface area (Å²) < 4.78 is 47.7. The number of carbonyl (C=O) groups is 1. The maximum absolute atomic E-state index is 14.0. The van der Waals surface area contributed by atoms with Crippen LogP contribution >= 0.6 is 0 Å². The molecular formula is C31H38F3N7O2. The van der Waals surface area contributed by atoms with Crippen molar-refractivity contribution in [2.24, 2.45) is 0 Å². The first-order valence-electron chi connectivity index (χ1n) is 14.2. The molecule has 1 aromatic heterocycles. The van der Waals surface area contributed by atoms with Crippen molar-refractivity contribution in [3.05, 3.63) is 70.7 Å². The van der Waals surface area contributed by atoms with Crippen molar-refractivity contribution in [3.8, 4) is 11.8 Å². The number of carbonyl (C=O) groups excluding carboxylic acids is 1. The quantitative estimate of drug-likeness (QED) is 0.266. The van der Waals surface area contributed by atoms with E-state index in [0.29, 0.717) is 37.3 Å². The molecule has 0 radical (unpaired) electrons. The van der Waals surface area contributed by atoms with Crippen molar-refractivity contribution in [1.82, 2.24) is 25.0 Å². The Morgan fingerprint density at radius 3 is 2.49 bits per heavy atom. The lowest BCUT2D eigenvalue weighted by Gasteiger charge is -2.36. The highest BCUT2D eigenvalue weighted by atomic mass is 19.4. The van der Waals surface area contributed by atoms with Crippen molar-refractivity contribution in [2.75, 3.05) is 58.7 Å². The van der Waals surface area contributed by atoms with Gasteiger partial charge in [0, 0.05) is 82.7 Å². The van der Waals surface area contributed by atoms with Crippen LogP contribution in [0, 0.1) is 17.3 Å². The number of rotatable bonds is 6. The summed E-state index contributed by atoms with van der Waals surface area (Å²) in [4.78, 5) is 23.2. The van der Waals surface area contributed by atoms with Gasteiger partial charge < -0.3 is 25.2 Å². The van der Waals surface area contributed by atoms with Gasteiger partial charge in [-0.1, -0.05) is 17.9 Å². The highest BCUT2D eigenvalue weighted by Crippen LogP contribution is 2.34. The van der Waals surface area contributed by atoms with Crippen LogP contribution in [0.25, 0.3) is 0 Å². The van der Waals surface area contributed by atoms with E-state index in [0.717, 1.165) is 19.2 Å². The fraction of sp³-hybridized carbons (Fsp3) is 0.452. The van der Waals surface area contributed by atoms with Gasteiger partial charge in [-0.15, -0.1) is 0 Å². The number of aromatic nitrogens is 1. The molecule has 0 spiro atoms. The number of nitrogens with one attached hydrogen (secondary N) is 3. The fourth-order valence-corrected chi connectivity index (χ4v) is 5.12. The lowest BCUT2D eigenvalue weighted by atomic mass is 10.0. The summed E-state index contributed by atoms with van der Waals surface area (Å²) in [7, 11) is 3.71. The lowest BCUT2D eigenvalue weighted by molar-refractivity contribution is -0.138. The second-order valence-corrected chi connectivity index (χ2v) is 11.0. The summed E-state index contributed by atoms with van der Waals surface area (Å²) in [5.41, 5.74) is 0.465. The molecule has 2 atom stereocenters. The Morgan fingerprint density at radius 2 is 1.84 bits per heavy atom. The second-order valence-electron chi connectivity index (χ2n) is 11.0. The van der Waals surface area contributed by atoms with E-state index in [-0.39, 0.29) is 41.4 Å². The zero-order chi connectivity index (χ0) is 31.1. The maximum Gasteiger partial charge on any atom is 0.416 e. The molecule has 2 fully saturated rings. The van der Waals surface area contributed by atoms with E-state index >= 15 is 0 Å². The number of hydrogen-bond donors (Lipinski definition) is 3. The van der Waals surface area contributed by atoms with Crippen LogP contribution < -0.4 is 10.6 Å². The summed E-state index contributed by atoms with van der Waals surface area (Å²) in [6.07, 6.45) is -0.159. The maximum atomic E-state index is 14.0. The predicted octanol–water partition coefficient (Wildman–Crippen LogP) is 3.64. The van der Waals surface area contributed by atoms with Gasteiger partial charge in [-0.05, 0) is 44.7 Å². The van der Waals surface area contributed by atoms with Crippen LogP contribution in [0.5, 0.6) is 0 Å². The average molecular weight is 598 g/mol. The number of piperazine rings is 1. The topological polar surface area (TPSA) is 96.8 Å². The Bertz CT molecular complexity index is 1400. The van der Waals surface area contributed by atoms with Crippen molar-refractivity contribution in [3.63, 3.8) is 0 Å². The molecule has 0 saturated carbocycles.